The number of ketones is 1. The van der Waals surface area contributed by atoms with Gasteiger partial charge >= 0.3 is 0 Å². The molecule has 0 amide bonds. The molecule has 0 bridgehead atoms. The smallest absolute Gasteiger partial charge is 0.192 e. The normalized spacial score (nSPS) is 10.6. The molecule has 4 nitrogen and oxygen atoms in total. The fourth-order valence-electron chi connectivity index (χ4n) is 1.61. The van der Waals surface area contributed by atoms with Gasteiger partial charge in [0.1, 0.15) is 18.2 Å². The van der Waals surface area contributed by atoms with E-state index in [4.69, 9.17) is 14.2 Å². The van der Waals surface area contributed by atoms with Gasteiger partial charge in [-0.1, -0.05) is 13.3 Å². The summed E-state index contributed by atoms with van der Waals surface area (Å²) in [6.07, 6.45) is 2.10. The highest BCUT2D eigenvalue weighted by atomic mass is 19.1. The van der Waals surface area contributed by atoms with Crippen molar-refractivity contribution in [1.29, 1.82) is 0 Å². The Morgan fingerprint density at radius 1 is 1.20 bits per heavy atom. The average molecular weight is 284 g/mol. The molecule has 0 aliphatic rings. The van der Waals surface area contributed by atoms with Crippen molar-refractivity contribution in [1.82, 2.24) is 0 Å². The molecule has 0 aliphatic carbocycles. The Balaban J connectivity index is 2.34. The Kier molecular flexibility index (Phi) is 7.84. The van der Waals surface area contributed by atoms with Gasteiger partial charge in [0, 0.05) is 6.61 Å². The van der Waals surface area contributed by atoms with E-state index in [1.54, 1.807) is 0 Å². The number of carbonyl (C=O) groups is 1. The second kappa shape index (κ2) is 9.44. The van der Waals surface area contributed by atoms with E-state index >= 15 is 0 Å². The van der Waals surface area contributed by atoms with Crippen LogP contribution in [-0.4, -0.2) is 39.3 Å². The number of rotatable bonds is 10. The SMILES string of the molecule is CCCCOCCOCC(=O)c1cc(F)ccc1OC. The van der Waals surface area contributed by atoms with Crippen LogP contribution in [0.3, 0.4) is 0 Å². The number of benzene rings is 1. The van der Waals surface area contributed by atoms with Gasteiger partial charge in [-0.3, -0.25) is 4.79 Å². The lowest BCUT2D eigenvalue weighted by Gasteiger charge is -2.08. The van der Waals surface area contributed by atoms with Crippen molar-refractivity contribution in [3.05, 3.63) is 29.6 Å². The van der Waals surface area contributed by atoms with Crippen molar-refractivity contribution >= 4 is 5.78 Å². The molecule has 1 aromatic rings. The van der Waals surface area contributed by atoms with Gasteiger partial charge in [-0.25, -0.2) is 4.39 Å². The second-order valence-electron chi connectivity index (χ2n) is 4.29. The fourth-order valence-corrected chi connectivity index (χ4v) is 1.61. The lowest BCUT2D eigenvalue weighted by atomic mass is 10.1. The summed E-state index contributed by atoms with van der Waals surface area (Å²) in [5.41, 5.74) is 0.194. The number of hydrogen-bond acceptors (Lipinski definition) is 4. The van der Waals surface area contributed by atoms with Gasteiger partial charge in [-0.05, 0) is 24.6 Å². The first-order chi connectivity index (χ1) is 9.69. The third-order valence-electron chi connectivity index (χ3n) is 2.71. The van der Waals surface area contributed by atoms with Crippen LogP contribution in [0.1, 0.15) is 30.1 Å². The molecule has 0 heterocycles. The molecule has 1 aromatic carbocycles. The van der Waals surface area contributed by atoms with Crippen LogP contribution >= 0.6 is 0 Å². The molecule has 1 rings (SSSR count). The molecule has 0 saturated heterocycles. The van der Waals surface area contributed by atoms with Crippen LogP contribution in [0.5, 0.6) is 5.75 Å². The number of carbonyl (C=O) groups excluding carboxylic acids is 1. The van der Waals surface area contributed by atoms with E-state index in [1.165, 1.54) is 19.2 Å². The second-order valence-corrected chi connectivity index (χ2v) is 4.29. The van der Waals surface area contributed by atoms with Gasteiger partial charge in [0.15, 0.2) is 5.78 Å². The summed E-state index contributed by atoms with van der Waals surface area (Å²) in [6, 6.07) is 3.83. The minimum Gasteiger partial charge on any atom is -0.496 e. The van der Waals surface area contributed by atoms with Crippen molar-refractivity contribution in [3.8, 4) is 5.75 Å². The third-order valence-corrected chi connectivity index (χ3v) is 2.71. The van der Waals surface area contributed by atoms with Crippen LogP contribution in [-0.2, 0) is 9.47 Å². The zero-order valence-electron chi connectivity index (χ0n) is 12.0. The summed E-state index contributed by atoms with van der Waals surface area (Å²) >= 11 is 0. The Bertz CT molecular complexity index is 420. The third kappa shape index (κ3) is 5.67. The van der Waals surface area contributed by atoms with Crippen LogP contribution in [0.15, 0.2) is 18.2 Å². The quantitative estimate of drug-likeness (QED) is 0.489. The molecule has 0 N–H and O–H groups in total. The average Bonchev–Trinajstić information content (AvgIpc) is 2.46. The van der Waals surface area contributed by atoms with Gasteiger partial charge in [-0.15, -0.1) is 0 Å². The van der Waals surface area contributed by atoms with Crippen molar-refractivity contribution < 1.29 is 23.4 Å². The van der Waals surface area contributed by atoms with E-state index in [-0.39, 0.29) is 18.0 Å². The maximum absolute atomic E-state index is 13.1. The van der Waals surface area contributed by atoms with Crippen LogP contribution in [0.25, 0.3) is 0 Å². The summed E-state index contributed by atoms with van der Waals surface area (Å²) in [4.78, 5) is 11.9. The number of halogens is 1. The van der Waals surface area contributed by atoms with Crippen molar-refractivity contribution in [2.24, 2.45) is 0 Å². The first-order valence-corrected chi connectivity index (χ1v) is 6.71. The summed E-state index contributed by atoms with van der Waals surface area (Å²) in [5.74, 6) is -0.439. The lowest BCUT2D eigenvalue weighted by Crippen LogP contribution is -2.14. The summed E-state index contributed by atoms with van der Waals surface area (Å²) in [5, 5.41) is 0. The highest BCUT2D eigenvalue weighted by molar-refractivity contribution is 5.99. The summed E-state index contributed by atoms with van der Waals surface area (Å²) in [6.45, 7) is 3.47. The Labute approximate surface area is 118 Å². The van der Waals surface area contributed by atoms with Crippen LogP contribution in [0.2, 0.25) is 0 Å². The van der Waals surface area contributed by atoms with Crippen LogP contribution in [0.4, 0.5) is 4.39 Å². The number of unbranched alkanes of at least 4 members (excludes halogenated alkanes) is 1. The van der Waals surface area contributed by atoms with E-state index in [1.807, 2.05) is 0 Å². The highest BCUT2D eigenvalue weighted by Crippen LogP contribution is 2.19. The molecule has 0 radical (unpaired) electrons. The maximum Gasteiger partial charge on any atom is 0.192 e. The van der Waals surface area contributed by atoms with E-state index in [2.05, 4.69) is 6.92 Å². The van der Waals surface area contributed by atoms with Crippen molar-refractivity contribution in [2.45, 2.75) is 19.8 Å². The van der Waals surface area contributed by atoms with E-state index in [0.717, 1.165) is 18.9 Å². The number of ether oxygens (including phenoxy) is 3. The topological polar surface area (TPSA) is 44.8 Å². The zero-order valence-corrected chi connectivity index (χ0v) is 12.0. The largest absolute Gasteiger partial charge is 0.496 e. The minimum absolute atomic E-state index is 0.114. The summed E-state index contributed by atoms with van der Waals surface area (Å²) < 4.78 is 28.7. The van der Waals surface area contributed by atoms with Gasteiger partial charge in [0.25, 0.3) is 0 Å². The molecular formula is C15H21FO4. The number of methoxy groups -OCH3 is 1. The van der Waals surface area contributed by atoms with Crippen LogP contribution < -0.4 is 4.74 Å². The number of hydrogen-bond donors (Lipinski definition) is 0. The molecule has 20 heavy (non-hydrogen) atoms. The van der Waals surface area contributed by atoms with Gasteiger partial charge in [-0.2, -0.15) is 0 Å². The molecule has 0 saturated carbocycles. The molecule has 0 spiro atoms. The first kappa shape index (κ1) is 16.6. The molecule has 0 fully saturated rings. The summed E-state index contributed by atoms with van der Waals surface area (Å²) in [7, 11) is 1.44. The Morgan fingerprint density at radius 2 is 1.95 bits per heavy atom. The standard InChI is InChI=1S/C15H21FO4/c1-3-4-7-19-8-9-20-11-14(17)13-10-12(16)5-6-15(13)18-2/h5-6,10H,3-4,7-9,11H2,1-2H3. The molecule has 0 aromatic heterocycles. The molecule has 0 unspecified atom stereocenters. The van der Waals surface area contributed by atoms with Crippen molar-refractivity contribution in [2.75, 3.05) is 33.5 Å². The predicted molar refractivity (Wildman–Crippen MR) is 73.8 cm³/mol. The first-order valence-electron chi connectivity index (χ1n) is 6.71. The highest BCUT2D eigenvalue weighted by Gasteiger charge is 2.13. The molecule has 0 atom stereocenters. The van der Waals surface area contributed by atoms with E-state index in [9.17, 15) is 9.18 Å². The van der Waals surface area contributed by atoms with Crippen molar-refractivity contribution in [3.63, 3.8) is 0 Å². The molecular weight excluding hydrogens is 263 g/mol. The Hall–Kier alpha value is -1.46. The van der Waals surface area contributed by atoms with Gasteiger partial charge in [0.05, 0.1) is 25.9 Å². The minimum atomic E-state index is -0.475. The Morgan fingerprint density at radius 3 is 2.65 bits per heavy atom. The lowest BCUT2D eigenvalue weighted by molar-refractivity contribution is 0.0431. The monoisotopic (exact) mass is 284 g/mol. The van der Waals surface area contributed by atoms with Crippen LogP contribution in [0, 0.1) is 5.82 Å². The van der Waals surface area contributed by atoms with E-state index in [0.29, 0.717) is 25.6 Å². The zero-order chi connectivity index (χ0) is 14.8. The molecule has 0 aliphatic heterocycles. The van der Waals surface area contributed by atoms with E-state index < -0.39 is 5.82 Å². The fraction of sp³-hybridized carbons (Fsp3) is 0.533. The molecule has 112 valence electrons. The van der Waals surface area contributed by atoms with Gasteiger partial charge < -0.3 is 14.2 Å². The number of Topliss-reactive ketones (excluding diaryl/α,β-unsaturated/α-hetero) is 1. The predicted octanol–water partition coefficient (Wildman–Crippen LogP) is 2.85. The maximum atomic E-state index is 13.1. The van der Waals surface area contributed by atoms with Gasteiger partial charge in [0.2, 0.25) is 0 Å². The molecule has 5 heteroatoms.